The predicted molar refractivity (Wildman–Crippen MR) is 72.5 cm³/mol. The molecule has 0 aliphatic carbocycles. The maximum atomic E-state index is 10.9. The molecule has 0 saturated carbocycles. The molecule has 1 aromatic heterocycles. The summed E-state index contributed by atoms with van der Waals surface area (Å²) in [6, 6.07) is 1.44. The number of halogens is 1. The van der Waals surface area contributed by atoms with Crippen LogP contribution in [0.1, 0.15) is 24.2 Å². The number of anilines is 1. The van der Waals surface area contributed by atoms with Crippen LogP contribution in [0.15, 0.2) is 12.3 Å². The largest absolute Gasteiger partial charge is 0.478 e. The standard InChI is InChI=1S/C12H18ClN3O2/c1-12(2,16(3)4)7-15-10-5-8(11(17)18)9(13)6-14-10/h5-6H,7H2,1-4H3,(H,14,15)(H,17,18). The second-order valence-electron chi connectivity index (χ2n) is 4.91. The van der Waals surface area contributed by atoms with Gasteiger partial charge in [-0.2, -0.15) is 0 Å². The Morgan fingerprint density at radius 3 is 2.67 bits per heavy atom. The molecule has 0 unspecified atom stereocenters. The zero-order valence-corrected chi connectivity index (χ0v) is 11.7. The second kappa shape index (κ2) is 5.54. The number of aromatic carboxylic acids is 1. The van der Waals surface area contributed by atoms with E-state index in [1.165, 1.54) is 12.3 Å². The number of carboxylic acids is 1. The molecule has 0 atom stereocenters. The van der Waals surface area contributed by atoms with Crippen molar-refractivity contribution < 1.29 is 9.90 Å². The molecule has 5 nitrogen and oxygen atoms in total. The maximum Gasteiger partial charge on any atom is 0.337 e. The van der Waals surface area contributed by atoms with Gasteiger partial charge in [-0.3, -0.25) is 0 Å². The lowest BCUT2D eigenvalue weighted by molar-refractivity contribution is 0.0697. The van der Waals surface area contributed by atoms with Gasteiger partial charge in [-0.1, -0.05) is 11.6 Å². The minimum Gasteiger partial charge on any atom is -0.478 e. The number of aromatic nitrogens is 1. The Bertz CT molecular complexity index is 447. The van der Waals surface area contributed by atoms with Gasteiger partial charge < -0.3 is 15.3 Å². The monoisotopic (exact) mass is 271 g/mol. The van der Waals surface area contributed by atoms with Gasteiger partial charge in [-0.05, 0) is 34.0 Å². The third kappa shape index (κ3) is 3.58. The summed E-state index contributed by atoms with van der Waals surface area (Å²) in [4.78, 5) is 17.1. The number of hydrogen-bond donors (Lipinski definition) is 2. The van der Waals surface area contributed by atoms with Crippen LogP contribution in [-0.4, -0.2) is 47.1 Å². The molecule has 2 N–H and O–H groups in total. The average Bonchev–Trinajstić information content (AvgIpc) is 2.27. The van der Waals surface area contributed by atoms with E-state index in [-0.39, 0.29) is 16.1 Å². The van der Waals surface area contributed by atoms with Crippen molar-refractivity contribution in [2.75, 3.05) is 26.0 Å². The fourth-order valence-electron chi connectivity index (χ4n) is 1.16. The van der Waals surface area contributed by atoms with Crippen LogP contribution < -0.4 is 5.32 Å². The van der Waals surface area contributed by atoms with E-state index < -0.39 is 5.97 Å². The molecule has 1 aromatic rings. The summed E-state index contributed by atoms with van der Waals surface area (Å²) in [5.74, 6) is -0.552. The van der Waals surface area contributed by atoms with E-state index in [9.17, 15) is 4.79 Å². The van der Waals surface area contributed by atoms with E-state index in [2.05, 4.69) is 29.0 Å². The van der Waals surface area contributed by atoms with E-state index >= 15 is 0 Å². The summed E-state index contributed by atoms with van der Waals surface area (Å²) in [5.41, 5.74) is -0.0122. The number of nitrogens with one attached hydrogen (secondary N) is 1. The van der Waals surface area contributed by atoms with Gasteiger partial charge >= 0.3 is 5.97 Å². The van der Waals surface area contributed by atoms with E-state index in [1.54, 1.807) is 0 Å². The van der Waals surface area contributed by atoms with Crippen LogP contribution in [0.4, 0.5) is 5.82 Å². The van der Waals surface area contributed by atoms with E-state index in [0.29, 0.717) is 12.4 Å². The normalized spacial score (nSPS) is 11.7. The fourth-order valence-corrected chi connectivity index (χ4v) is 1.35. The summed E-state index contributed by atoms with van der Waals surface area (Å²) < 4.78 is 0. The van der Waals surface area contributed by atoms with Gasteiger partial charge in [-0.25, -0.2) is 9.78 Å². The first kappa shape index (κ1) is 14.7. The number of nitrogens with zero attached hydrogens (tertiary/aromatic N) is 2. The van der Waals surface area contributed by atoms with E-state index in [4.69, 9.17) is 16.7 Å². The van der Waals surface area contributed by atoms with Crippen molar-refractivity contribution in [3.05, 3.63) is 22.8 Å². The van der Waals surface area contributed by atoms with Gasteiger partial charge in [-0.15, -0.1) is 0 Å². The molecule has 100 valence electrons. The third-order valence-electron chi connectivity index (χ3n) is 3.00. The topological polar surface area (TPSA) is 65.5 Å². The van der Waals surface area contributed by atoms with Gasteiger partial charge in [0.2, 0.25) is 0 Å². The number of carboxylic acid groups (broad SMARTS) is 1. The van der Waals surface area contributed by atoms with Gasteiger partial charge in [0.1, 0.15) is 5.82 Å². The van der Waals surface area contributed by atoms with Crippen LogP contribution in [0.5, 0.6) is 0 Å². The molecule has 0 aliphatic heterocycles. The highest BCUT2D eigenvalue weighted by molar-refractivity contribution is 6.33. The van der Waals surface area contributed by atoms with Crippen LogP contribution in [0.2, 0.25) is 5.02 Å². The van der Waals surface area contributed by atoms with Crippen LogP contribution in [-0.2, 0) is 0 Å². The smallest absolute Gasteiger partial charge is 0.337 e. The van der Waals surface area contributed by atoms with Crippen molar-refractivity contribution in [2.24, 2.45) is 0 Å². The minimum atomic E-state index is -1.06. The van der Waals surface area contributed by atoms with Crippen LogP contribution in [0.25, 0.3) is 0 Å². The summed E-state index contributed by atoms with van der Waals surface area (Å²) in [6.45, 7) is 4.80. The number of likely N-dealkylation sites (N-methyl/N-ethyl adjacent to an activating group) is 1. The molecule has 1 heterocycles. The Balaban J connectivity index is 2.81. The van der Waals surface area contributed by atoms with Gasteiger partial charge in [0, 0.05) is 18.3 Å². The maximum absolute atomic E-state index is 10.9. The number of rotatable bonds is 5. The molecule has 0 bridgehead atoms. The number of carbonyl (C=O) groups is 1. The molecule has 0 fully saturated rings. The molecule has 0 aliphatic rings. The minimum absolute atomic E-state index is 0.0526. The van der Waals surface area contributed by atoms with Gasteiger partial charge in [0.25, 0.3) is 0 Å². The van der Waals surface area contributed by atoms with Crippen molar-refractivity contribution in [2.45, 2.75) is 19.4 Å². The highest BCUT2D eigenvalue weighted by Gasteiger charge is 2.20. The molecule has 0 aromatic carbocycles. The first-order valence-corrected chi connectivity index (χ1v) is 5.92. The summed E-state index contributed by atoms with van der Waals surface area (Å²) in [5, 5.41) is 12.2. The van der Waals surface area contributed by atoms with Crippen molar-refractivity contribution in [1.29, 1.82) is 0 Å². The molecule has 0 amide bonds. The van der Waals surface area contributed by atoms with E-state index in [0.717, 1.165) is 0 Å². The molecular formula is C12H18ClN3O2. The molecule has 1 rings (SSSR count). The summed E-state index contributed by atoms with van der Waals surface area (Å²) in [6.07, 6.45) is 1.34. The first-order chi connectivity index (χ1) is 8.24. The van der Waals surface area contributed by atoms with Crippen molar-refractivity contribution in [3.63, 3.8) is 0 Å². The Morgan fingerprint density at radius 2 is 2.17 bits per heavy atom. The quantitative estimate of drug-likeness (QED) is 0.859. The zero-order chi connectivity index (χ0) is 13.9. The van der Waals surface area contributed by atoms with Crippen molar-refractivity contribution in [3.8, 4) is 0 Å². The van der Waals surface area contributed by atoms with Crippen molar-refractivity contribution >= 4 is 23.4 Å². The lowest BCUT2D eigenvalue weighted by Gasteiger charge is -2.32. The van der Waals surface area contributed by atoms with Crippen LogP contribution >= 0.6 is 11.6 Å². The Labute approximate surface area is 112 Å². The summed E-state index contributed by atoms with van der Waals surface area (Å²) >= 11 is 5.75. The lowest BCUT2D eigenvalue weighted by atomic mass is 10.0. The fraction of sp³-hybridized carbons (Fsp3) is 0.500. The van der Waals surface area contributed by atoms with Gasteiger partial charge in [0.05, 0.1) is 10.6 Å². The van der Waals surface area contributed by atoms with Crippen LogP contribution in [0, 0.1) is 0 Å². The first-order valence-electron chi connectivity index (χ1n) is 5.54. The highest BCUT2D eigenvalue weighted by Crippen LogP contribution is 2.19. The Kier molecular flexibility index (Phi) is 4.53. The Morgan fingerprint density at radius 1 is 1.56 bits per heavy atom. The zero-order valence-electron chi connectivity index (χ0n) is 11.0. The SMILES string of the molecule is CN(C)C(C)(C)CNc1cc(C(=O)O)c(Cl)cn1. The molecule has 0 spiro atoms. The number of pyridine rings is 1. The second-order valence-corrected chi connectivity index (χ2v) is 5.32. The summed E-state index contributed by atoms with van der Waals surface area (Å²) in [7, 11) is 3.97. The molecule has 6 heteroatoms. The Hall–Kier alpha value is -1.33. The van der Waals surface area contributed by atoms with Gasteiger partial charge in [0.15, 0.2) is 0 Å². The predicted octanol–water partition coefficient (Wildman–Crippen LogP) is 2.19. The highest BCUT2D eigenvalue weighted by atomic mass is 35.5. The van der Waals surface area contributed by atoms with E-state index in [1.807, 2.05) is 14.1 Å². The average molecular weight is 272 g/mol. The lowest BCUT2D eigenvalue weighted by Crippen LogP contribution is -2.44. The number of hydrogen-bond acceptors (Lipinski definition) is 4. The molecular weight excluding hydrogens is 254 g/mol. The third-order valence-corrected chi connectivity index (χ3v) is 3.30. The van der Waals surface area contributed by atoms with Crippen LogP contribution in [0.3, 0.4) is 0 Å². The van der Waals surface area contributed by atoms with Crippen molar-refractivity contribution in [1.82, 2.24) is 9.88 Å². The molecule has 18 heavy (non-hydrogen) atoms. The molecule has 0 saturated heterocycles. The molecule has 0 radical (unpaired) electrons.